The molecule has 0 radical (unpaired) electrons. The summed E-state index contributed by atoms with van der Waals surface area (Å²) < 4.78 is 2.32. The summed E-state index contributed by atoms with van der Waals surface area (Å²) in [5.41, 5.74) is 3.56. The van der Waals surface area contributed by atoms with Crippen molar-refractivity contribution in [2.45, 2.75) is 6.92 Å². The van der Waals surface area contributed by atoms with Crippen LogP contribution in [0.5, 0.6) is 0 Å². The molecule has 0 aliphatic rings. The van der Waals surface area contributed by atoms with Crippen LogP contribution < -0.4 is 0 Å². The van der Waals surface area contributed by atoms with Crippen molar-refractivity contribution >= 4 is 37.5 Å². The maximum atomic E-state index is 4.68. The molecular weight excluding hydrogens is 294 g/mol. The molecule has 0 fully saturated rings. The minimum atomic E-state index is 1.07. The predicted molar refractivity (Wildman–Crippen MR) is 77.5 cm³/mol. The summed E-state index contributed by atoms with van der Waals surface area (Å²) in [6, 6.07) is 14.6. The van der Waals surface area contributed by atoms with E-state index in [1.165, 1.54) is 15.8 Å². The van der Waals surface area contributed by atoms with Crippen LogP contribution in [0.15, 0.2) is 46.9 Å². The molecular formula is C14H10BrNS. The van der Waals surface area contributed by atoms with Crippen molar-refractivity contribution in [3.05, 3.63) is 52.5 Å². The third-order valence-electron chi connectivity index (χ3n) is 2.73. The van der Waals surface area contributed by atoms with E-state index in [2.05, 4.69) is 64.2 Å². The fourth-order valence-electron chi connectivity index (χ4n) is 1.83. The van der Waals surface area contributed by atoms with Gasteiger partial charge in [0.2, 0.25) is 0 Å². The second-order valence-corrected chi connectivity index (χ2v) is 5.89. The van der Waals surface area contributed by atoms with Gasteiger partial charge in [0.15, 0.2) is 0 Å². The van der Waals surface area contributed by atoms with E-state index in [1.54, 1.807) is 11.3 Å². The van der Waals surface area contributed by atoms with E-state index >= 15 is 0 Å². The molecule has 1 heterocycles. The van der Waals surface area contributed by atoms with Crippen LogP contribution in [0.4, 0.5) is 0 Å². The molecule has 0 bridgehead atoms. The number of hydrogen-bond donors (Lipinski definition) is 0. The monoisotopic (exact) mass is 303 g/mol. The van der Waals surface area contributed by atoms with E-state index in [-0.39, 0.29) is 0 Å². The maximum Gasteiger partial charge on any atom is 0.124 e. The van der Waals surface area contributed by atoms with Crippen LogP contribution >= 0.6 is 27.3 Å². The third kappa shape index (κ3) is 2.01. The average Bonchev–Trinajstić information content (AvgIpc) is 2.72. The van der Waals surface area contributed by atoms with Gasteiger partial charge in [-0.1, -0.05) is 40.2 Å². The molecule has 3 rings (SSSR count). The summed E-state index contributed by atoms with van der Waals surface area (Å²) in [5.74, 6) is 0. The SMILES string of the molecule is Cc1ccccc1-c1nc2ccc(Br)cc2s1. The van der Waals surface area contributed by atoms with Gasteiger partial charge in [-0.2, -0.15) is 0 Å². The molecule has 0 amide bonds. The second-order valence-electron chi connectivity index (χ2n) is 3.95. The zero-order chi connectivity index (χ0) is 11.8. The van der Waals surface area contributed by atoms with Crippen LogP contribution in [-0.4, -0.2) is 4.98 Å². The highest BCUT2D eigenvalue weighted by Crippen LogP contribution is 2.33. The zero-order valence-corrected chi connectivity index (χ0v) is 11.7. The molecule has 3 aromatic rings. The van der Waals surface area contributed by atoms with Gasteiger partial charge >= 0.3 is 0 Å². The molecule has 0 N–H and O–H groups in total. The Hall–Kier alpha value is -1.19. The Bertz CT molecular complexity index is 688. The zero-order valence-electron chi connectivity index (χ0n) is 9.27. The lowest BCUT2D eigenvalue weighted by Crippen LogP contribution is -1.80. The molecule has 0 aliphatic heterocycles. The van der Waals surface area contributed by atoms with Crippen molar-refractivity contribution in [3.63, 3.8) is 0 Å². The van der Waals surface area contributed by atoms with Crippen LogP contribution in [-0.2, 0) is 0 Å². The highest BCUT2D eigenvalue weighted by atomic mass is 79.9. The second kappa shape index (κ2) is 4.24. The minimum Gasteiger partial charge on any atom is -0.236 e. The van der Waals surface area contributed by atoms with E-state index in [1.807, 2.05) is 6.07 Å². The number of thiazole rings is 1. The quantitative estimate of drug-likeness (QED) is 0.614. The van der Waals surface area contributed by atoms with Crippen molar-refractivity contribution < 1.29 is 0 Å². The molecule has 3 heteroatoms. The lowest BCUT2D eigenvalue weighted by atomic mass is 10.1. The van der Waals surface area contributed by atoms with Crippen molar-refractivity contribution in [2.24, 2.45) is 0 Å². The molecule has 0 saturated heterocycles. The Kier molecular flexibility index (Phi) is 2.73. The standard InChI is InChI=1S/C14H10BrNS/c1-9-4-2-3-5-11(9)14-16-12-7-6-10(15)8-13(12)17-14/h2-8H,1H3. The van der Waals surface area contributed by atoms with Crippen LogP contribution in [0.25, 0.3) is 20.8 Å². The lowest BCUT2D eigenvalue weighted by Gasteiger charge is -1.99. The van der Waals surface area contributed by atoms with Crippen LogP contribution in [0, 0.1) is 6.92 Å². The smallest absolute Gasteiger partial charge is 0.124 e. The van der Waals surface area contributed by atoms with E-state index in [4.69, 9.17) is 0 Å². The normalized spacial score (nSPS) is 10.9. The fraction of sp³-hybridized carbons (Fsp3) is 0.0714. The molecule has 0 atom stereocenters. The molecule has 0 unspecified atom stereocenters. The largest absolute Gasteiger partial charge is 0.236 e. The molecule has 2 aromatic carbocycles. The first-order valence-electron chi connectivity index (χ1n) is 5.36. The summed E-state index contributed by atoms with van der Waals surface area (Å²) >= 11 is 5.23. The fourth-order valence-corrected chi connectivity index (χ4v) is 3.43. The van der Waals surface area contributed by atoms with Gasteiger partial charge in [-0.3, -0.25) is 0 Å². The number of nitrogens with zero attached hydrogens (tertiary/aromatic N) is 1. The number of fused-ring (bicyclic) bond motifs is 1. The van der Waals surface area contributed by atoms with Gasteiger partial charge in [0.25, 0.3) is 0 Å². The summed E-state index contributed by atoms with van der Waals surface area (Å²) in [7, 11) is 0. The third-order valence-corrected chi connectivity index (χ3v) is 4.27. The number of rotatable bonds is 1. The Morgan fingerprint density at radius 1 is 1.12 bits per heavy atom. The van der Waals surface area contributed by atoms with Gasteiger partial charge in [0.1, 0.15) is 5.01 Å². The molecule has 0 aliphatic carbocycles. The highest BCUT2D eigenvalue weighted by molar-refractivity contribution is 9.10. The Morgan fingerprint density at radius 2 is 1.94 bits per heavy atom. The van der Waals surface area contributed by atoms with Gasteiger partial charge in [-0.25, -0.2) is 4.98 Å². The number of benzene rings is 2. The van der Waals surface area contributed by atoms with E-state index in [0.717, 1.165) is 15.0 Å². The molecule has 0 spiro atoms. The first kappa shape index (κ1) is 10.9. The first-order chi connectivity index (χ1) is 8.24. The minimum absolute atomic E-state index is 1.07. The summed E-state index contributed by atoms with van der Waals surface area (Å²) in [4.78, 5) is 4.68. The molecule has 17 heavy (non-hydrogen) atoms. The number of aromatic nitrogens is 1. The Labute approximate surface area is 112 Å². The van der Waals surface area contributed by atoms with E-state index in [9.17, 15) is 0 Å². The van der Waals surface area contributed by atoms with E-state index in [0.29, 0.717) is 0 Å². The number of halogens is 1. The summed E-state index contributed by atoms with van der Waals surface area (Å²) in [5, 5.41) is 1.09. The predicted octanol–water partition coefficient (Wildman–Crippen LogP) is 5.03. The highest BCUT2D eigenvalue weighted by Gasteiger charge is 2.08. The maximum absolute atomic E-state index is 4.68. The van der Waals surface area contributed by atoms with Gasteiger partial charge < -0.3 is 0 Å². The Balaban J connectivity index is 2.22. The van der Waals surface area contributed by atoms with E-state index < -0.39 is 0 Å². The van der Waals surface area contributed by atoms with Crippen LogP contribution in [0.2, 0.25) is 0 Å². The van der Waals surface area contributed by atoms with Crippen molar-refractivity contribution in [2.75, 3.05) is 0 Å². The number of hydrogen-bond acceptors (Lipinski definition) is 2. The molecule has 1 nitrogen and oxygen atoms in total. The van der Waals surface area contributed by atoms with Crippen LogP contribution in [0.3, 0.4) is 0 Å². The lowest BCUT2D eigenvalue weighted by molar-refractivity contribution is 1.41. The Morgan fingerprint density at radius 3 is 2.76 bits per heavy atom. The van der Waals surface area contributed by atoms with Gasteiger partial charge in [-0.15, -0.1) is 11.3 Å². The van der Waals surface area contributed by atoms with Gasteiger partial charge in [0, 0.05) is 10.0 Å². The number of aryl methyl sites for hydroxylation is 1. The van der Waals surface area contributed by atoms with Crippen molar-refractivity contribution in [1.29, 1.82) is 0 Å². The first-order valence-corrected chi connectivity index (χ1v) is 6.97. The topological polar surface area (TPSA) is 12.9 Å². The summed E-state index contributed by atoms with van der Waals surface area (Å²) in [6.45, 7) is 2.12. The molecule has 1 aromatic heterocycles. The molecule has 84 valence electrons. The average molecular weight is 304 g/mol. The summed E-state index contributed by atoms with van der Waals surface area (Å²) in [6.07, 6.45) is 0. The molecule has 0 saturated carbocycles. The van der Waals surface area contributed by atoms with Gasteiger partial charge in [0.05, 0.1) is 10.2 Å². The van der Waals surface area contributed by atoms with Crippen molar-refractivity contribution in [3.8, 4) is 10.6 Å². The van der Waals surface area contributed by atoms with Gasteiger partial charge in [-0.05, 0) is 30.7 Å². The van der Waals surface area contributed by atoms with Crippen LogP contribution in [0.1, 0.15) is 5.56 Å². The van der Waals surface area contributed by atoms with Crippen molar-refractivity contribution in [1.82, 2.24) is 4.98 Å².